The first kappa shape index (κ1) is 20.1. The molecule has 3 amide bonds. The minimum atomic E-state index is -0.898. The molecule has 2 heterocycles. The van der Waals surface area contributed by atoms with E-state index in [1.165, 1.54) is 17.0 Å². The second-order valence-electron chi connectivity index (χ2n) is 7.53. The van der Waals surface area contributed by atoms with Crippen LogP contribution >= 0.6 is 0 Å². The second kappa shape index (κ2) is 8.58. The average molecular weight is 391 g/mol. The maximum Gasteiger partial charge on any atom is 0.318 e. The van der Waals surface area contributed by atoms with Crippen molar-refractivity contribution in [2.75, 3.05) is 19.6 Å². The van der Waals surface area contributed by atoms with Crippen molar-refractivity contribution in [2.45, 2.75) is 44.7 Å². The van der Waals surface area contributed by atoms with E-state index in [4.69, 9.17) is 0 Å². The van der Waals surface area contributed by atoms with Gasteiger partial charge in [0.25, 0.3) is 0 Å². The first-order valence-electron chi connectivity index (χ1n) is 9.71. The molecule has 3 rings (SSSR count). The largest absolute Gasteiger partial charge is 0.481 e. The number of carboxylic acid groups (broad SMARTS) is 1. The van der Waals surface area contributed by atoms with E-state index in [1.807, 2.05) is 6.92 Å². The maximum absolute atomic E-state index is 13.2. The van der Waals surface area contributed by atoms with Crippen LogP contribution < -0.4 is 5.32 Å². The van der Waals surface area contributed by atoms with Gasteiger partial charge in [0.1, 0.15) is 11.9 Å². The number of benzene rings is 1. The van der Waals surface area contributed by atoms with E-state index in [1.54, 1.807) is 17.0 Å². The van der Waals surface area contributed by atoms with Gasteiger partial charge in [-0.05, 0) is 50.3 Å². The van der Waals surface area contributed by atoms with E-state index in [-0.39, 0.29) is 30.3 Å². The maximum atomic E-state index is 13.2. The molecule has 1 aromatic rings. The van der Waals surface area contributed by atoms with Gasteiger partial charge in [-0.3, -0.25) is 9.59 Å². The van der Waals surface area contributed by atoms with Crippen LogP contribution in [0.3, 0.4) is 0 Å². The summed E-state index contributed by atoms with van der Waals surface area (Å²) in [5.41, 5.74) is 0.835. The van der Waals surface area contributed by atoms with Gasteiger partial charge in [-0.2, -0.15) is 0 Å². The normalized spacial score (nSPS) is 24.0. The van der Waals surface area contributed by atoms with Gasteiger partial charge in [0.05, 0.1) is 12.0 Å². The van der Waals surface area contributed by atoms with Crippen molar-refractivity contribution in [3.05, 3.63) is 35.6 Å². The molecule has 0 spiro atoms. The number of carboxylic acids is 1. The zero-order valence-electron chi connectivity index (χ0n) is 15.9. The van der Waals surface area contributed by atoms with Gasteiger partial charge >= 0.3 is 12.0 Å². The monoisotopic (exact) mass is 391 g/mol. The van der Waals surface area contributed by atoms with Crippen LogP contribution in [-0.4, -0.2) is 58.5 Å². The van der Waals surface area contributed by atoms with Gasteiger partial charge < -0.3 is 20.2 Å². The Balaban J connectivity index is 1.63. The molecular formula is C20H26FN3O4. The van der Waals surface area contributed by atoms with Crippen LogP contribution in [-0.2, 0) is 9.59 Å². The summed E-state index contributed by atoms with van der Waals surface area (Å²) in [6, 6.07) is 4.82. The third-order valence-corrected chi connectivity index (χ3v) is 5.65. The number of aliphatic carboxylic acids is 1. The fourth-order valence-corrected chi connectivity index (χ4v) is 3.94. The van der Waals surface area contributed by atoms with Gasteiger partial charge in [0.2, 0.25) is 5.91 Å². The minimum absolute atomic E-state index is 0.164. The molecule has 0 radical (unpaired) electrons. The minimum Gasteiger partial charge on any atom is -0.481 e. The zero-order valence-corrected chi connectivity index (χ0v) is 15.9. The molecule has 2 N–H and O–H groups in total. The number of carbonyl (C=O) groups excluding carboxylic acids is 2. The molecule has 2 saturated heterocycles. The fourth-order valence-electron chi connectivity index (χ4n) is 3.94. The molecule has 0 bridgehead atoms. The van der Waals surface area contributed by atoms with Crippen LogP contribution in [0.4, 0.5) is 9.18 Å². The predicted octanol–water partition coefficient (Wildman–Crippen LogP) is 2.38. The highest BCUT2D eigenvalue weighted by Gasteiger charge is 2.35. The lowest BCUT2D eigenvalue weighted by molar-refractivity contribution is -0.143. The van der Waals surface area contributed by atoms with E-state index in [0.29, 0.717) is 32.4 Å². The molecular weight excluding hydrogens is 365 g/mol. The third kappa shape index (κ3) is 4.43. The van der Waals surface area contributed by atoms with Gasteiger partial charge in [-0.1, -0.05) is 12.1 Å². The number of rotatable bonds is 4. The Bertz CT molecular complexity index is 739. The molecule has 3 atom stereocenters. The molecule has 0 saturated carbocycles. The number of likely N-dealkylation sites (tertiary alicyclic amines) is 2. The molecule has 3 unspecified atom stereocenters. The first-order valence-corrected chi connectivity index (χ1v) is 9.71. The number of hydrogen-bond acceptors (Lipinski definition) is 3. The lowest BCUT2D eigenvalue weighted by atomic mass is 9.98. The van der Waals surface area contributed by atoms with Crippen LogP contribution in [0, 0.1) is 11.7 Å². The zero-order chi connectivity index (χ0) is 20.3. The van der Waals surface area contributed by atoms with E-state index in [9.17, 15) is 23.9 Å². The molecule has 0 aromatic heterocycles. The van der Waals surface area contributed by atoms with Gasteiger partial charge in [-0.25, -0.2) is 9.18 Å². The standard InChI is InChI=1S/C20H26FN3O4/c1-13(14-6-8-16(21)9-7-14)24-11-3-5-17(18(24)25)22-20(28)23-10-2-4-15(12-23)19(26)27/h6-9,13,15,17H,2-5,10-12H2,1H3,(H,22,28)(H,26,27). The lowest BCUT2D eigenvalue weighted by Crippen LogP contribution is -2.56. The Morgan fingerprint density at radius 3 is 2.54 bits per heavy atom. The summed E-state index contributed by atoms with van der Waals surface area (Å²) in [5, 5.41) is 12.0. The van der Waals surface area contributed by atoms with E-state index in [0.717, 1.165) is 12.0 Å². The van der Waals surface area contributed by atoms with Gasteiger partial charge in [0, 0.05) is 19.6 Å². The molecule has 2 aliphatic rings. The molecule has 152 valence electrons. The van der Waals surface area contributed by atoms with E-state index < -0.39 is 17.9 Å². The highest BCUT2D eigenvalue weighted by atomic mass is 19.1. The van der Waals surface area contributed by atoms with Crippen molar-refractivity contribution in [3.8, 4) is 0 Å². The van der Waals surface area contributed by atoms with Crippen molar-refractivity contribution in [1.29, 1.82) is 0 Å². The number of urea groups is 1. The molecule has 1 aromatic carbocycles. The first-order chi connectivity index (χ1) is 13.4. The number of nitrogens with one attached hydrogen (secondary N) is 1. The topological polar surface area (TPSA) is 90.0 Å². The molecule has 8 heteroatoms. The highest BCUT2D eigenvalue weighted by Crippen LogP contribution is 2.26. The summed E-state index contributed by atoms with van der Waals surface area (Å²) < 4.78 is 13.2. The highest BCUT2D eigenvalue weighted by molar-refractivity contribution is 5.88. The summed E-state index contributed by atoms with van der Waals surface area (Å²) in [7, 11) is 0. The number of amides is 3. The Labute approximate surface area is 163 Å². The Hall–Kier alpha value is -2.64. The summed E-state index contributed by atoms with van der Waals surface area (Å²) in [4.78, 5) is 39.9. The van der Waals surface area contributed by atoms with Crippen molar-refractivity contribution in [2.24, 2.45) is 5.92 Å². The number of carbonyl (C=O) groups is 3. The smallest absolute Gasteiger partial charge is 0.318 e. The van der Waals surface area contributed by atoms with Crippen LogP contribution in [0.5, 0.6) is 0 Å². The van der Waals surface area contributed by atoms with Crippen molar-refractivity contribution < 1.29 is 23.9 Å². The van der Waals surface area contributed by atoms with Crippen LogP contribution in [0.2, 0.25) is 0 Å². The summed E-state index contributed by atoms with van der Waals surface area (Å²) in [6.07, 6.45) is 2.49. The lowest BCUT2D eigenvalue weighted by Gasteiger charge is -2.38. The summed E-state index contributed by atoms with van der Waals surface area (Å²) in [6.45, 7) is 3.12. The predicted molar refractivity (Wildman–Crippen MR) is 100 cm³/mol. The Kier molecular flexibility index (Phi) is 6.16. The van der Waals surface area contributed by atoms with Crippen molar-refractivity contribution in [3.63, 3.8) is 0 Å². The van der Waals surface area contributed by atoms with Gasteiger partial charge in [-0.15, -0.1) is 0 Å². The fraction of sp³-hybridized carbons (Fsp3) is 0.550. The van der Waals surface area contributed by atoms with Crippen LogP contribution in [0.1, 0.15) is 44.2 Å². The molecule has 2 aliphatic heterocycles. The number of piperidine rings is 2. The Morgan fingerprint density at radius 1 is 1.18 bits per heavy atom. The van der Waals surface area contributed by atoms with E-state index >= 15 is 0 Å². The quantitative estimate of drug-likeness (QED) is 0.825. The number of nitrogens with zero attached hydrogens (tertiary/aromatic N) is 2. The summed E-state index contributed by atoms with van der Waals surface area (Å²) in [5.74, 6) is -1.95. The van der Waals surface area contributed by atoms with Gasteiger partial charge in [0.15, 0.2) is 0 Å². The molecule has 28 heavy (non-hydrogen) atoms. The average Bonchev–Trinajstić information content (AvgIpc) is 2.69. The van der Waals surface area contributed by atoms with Crippen LogP contribution in [0.15, 0.2) is 24.3 Å². The van der Waals surface area contributed by atoms with E-state index in [2.05, 4.69) is 5.32 Å². The third-order valence-electron chi connectivity index (χ3n) is 5.65. The SMILES string of the molecule is CC(c1ccc(F)cc1)N1CCCC(NC(=O)N2CCCC(C(=O)O)C2)C1=O. The molecule has 2 fully saturated rings. The molecule has 7 nitrogen and oxygen atoms in total. The number of hydrogen-bond donors (Lipinski definition) is 2. The summed E-state index contributed by atoms with van der Waals surface area (Å²) >= 11 is 0. The van der Waals surface area contributed by atoms with Crippen molar-refractivity contribution >= 4 is 17.9 Å². The Morgan fingerprint density at radius 2 is 1.86 bits per heavy atom. The number of halogens is 1. The molecule has 0 aliphatic carbocycles. The van der Waals surface area contributed by atoms with Crippen LogP contribution in [0.25, 0.3) is 0 Å². The second-order valence-corrected chi connectivity index (χ2v) is 7.53. The van der Waals surface area contributed by atoms with Crippen molar-refractivity contribution in [1.82, 2.24) is 15.1 Å².